The zero-order chi connectivity index (χ0) is 20.3. The molecule has 1 aromatic carbocycles. The lowest BCUT2D eigenvalue weighted by Gasteiger charge is -2.21. The molecule has 5 N–H and O–H groups in total. The van der Waals surface area contributed by atoms with E-state index in [9.17, 15) is 20.2 Å². The van der Waals surface area contributed by atoms with Gasteiger partial charge < -0.3 is 16.0 Å². The fraction of sp³-hybridized carbons (Fsp3) is 0.556. The maximum atomic E-state index is 12.2. The number of nitrogens with zero attached hydrogens (tertiary/aromatic N) is 3. The fourth-order valence-electron chi connectivity index (χ4n) is 3.35. The fourth-order valence-corrected chi connectivity index (χ4v) is 3.35. The Hall–Kier alpha value is -2.74. The summed E-state index contributed by atoms with van der Waals surface area (Å²) in [6.07, 6.45) is 2.94. The van der Waals surface area contributed by atoms with Crippen LogP contribution in [-0.2, 0) is 0 Å². The van der Waals surface area contributed by atoms with Gasteiger partial charge in [-0.05, 0) is 37.8 Å². The summed E-state index contributed by atoms with van der Waals surface area (Å²) in [5, 5.41) is 23.5. The van der Waals surface area contributed by atoms with E-state index in [-0.39, 0.29) is 29.6 Å². The summed E-state index contributed by atoms with van der Waals surface area (Å²) < 4.78 is 0. The summed E-state index contributed by atoms with van der Waals surface area (Å²) in [6.45, 7) is 0.569. The first kappa shape index (κ1) is 20.0. The molecule has 3 rings (SSSR count). The predicted octanol–water partition coefficient (Wildman–Crippen LogP) is 0.604. The van der Waals surface area contributed by atoms with Crippen LogP contribution in [0.15, 0.2) is 18.2 Å². The van der Waals surface area contributed by atoms with Gasteiger partial charge in [0.25, 0.3) is 11.6 Å². The topological polar surface area (TPSA) is 149 Å². The number of nitrogens with one attached hydrogen (secondary N) is 3. The number of nitrogens with two attached hydrogens (primary N) is 1. The average Bonchev–Trinajstić information content (AvgIpc) is 3.42. The second-order valence-corrected chi connectivity index (χ2v) is 7.35. The van der Waals surface area contributed by atoms with Crippen molar-refractivity contribution in [3.8, 4) is 6.07 Å². The van der Waals surface area contributed by atoms with Gasteiger partial charge in [-0.2, -0.15) is 5.26 Å². The van der Waals surface area contributed by atoms with Gasteiger partial charge in [0, 0.05) is 37.3 Å². The van der Waals surface area contributed by atoms with Gasteiger partial charge in [0.15, 0.2) is 0 Å². The van der Waals surface area contributed by atoms with Crippen molar-refractivity contribution in [1.29, 1.82) is 5.26 Å². The van der Waals surface area contributed by atoms with Gasteiger partial charge in [0.1, 0.15) is 5.69 Å². The molecule has 1 amide bonds. The van der Waals surface area contributed by atoms with Crippen LogP contribution in [0.1, 0.15) is 36.0 Å². The Kier molecular flexibility index (Phi) is 6.08. The molecule has 0 radical (unpaired) electrons. The molecule has 1 aliphatic heterocycles. The molecule has 1 saturated carbocycles. The van der Waals surface area contributed by atoms with E-state index in [4.69, 9.17) is 5.73 Å². The highest BCUT2D eigenvalue weighted by molar-refractivity contribution is 5.96. The first-order valence-corrected chi connectivity index (χ1v) is 9.37. The molecule has 0 bridgehead atoms. The Morgan fingerprint density at radius 3 is 2.86 bits per heavy atom. The Morgan fingerprint density at radius 1 is 1.46 bits per heavy atom. The molecular weight excluding hydrogens is 362 g/mol. The number of carbonyl (C=O) groups is 1. The van der Waals surface area contributed by atoms with Crippen LogP contribution in [0.3, 0.4) is 0 Å². The first-order chi connectivity index (χ1) is 13.4. The van der Waals surface area contributed by atoms with E-state index >= 15 is 0 Å². The molecule has 150 valence electrons. The highest BCUT2D eigenvalue weighted by atomic mass is 16.6. The maximum absolute atomic E-state index is 12.2. The minimum atomic E-state index is -0.465. The van der Waals surface area contributed by atoms with Gasteiger partial charge in [-0.25, -0.2) is 5.43 Å². The summed E-state index contributed by atoms with van der Waals surface area (Å²) in [4.78, 5) is 25.0. The average molecular weight is 387 g/mol. The predicted molar refractivity (Wildman–Crippen MR) is 103 cm³/mol. The van der Waals surface area contributed by atoms with E-state index in [1.807, 2.05) is 0 Å². The minimum Gasteiger partial charge on any atom is -0.369 e. The lowest BCUT2D eigenvalue weighted by atomic mass is 9.97. The monoisotopic (exact) mass is 387 g/mol. The van der Waals surface area contributed by atoms with Crippen LogP contribution in [0.4, 0.5) is 11.4 Å². The highest BCUT2D eigenvalue weighted by Gasteiger charge is 2.33. The van der Waals surface area contributed by atoms with E-state index in [0.717, 1.165) is 19.3 Å². The van der Waals surface area contributed by atoms with Gasteiger partial charge in [-0.3, -0.25) is 20.3 Å². The van der Waals surface area contributed by atoms with Crippen LogP contribution in [-0.4, -0.2) is 42.7 Å². The number of nitro groups is 1. The molecule has 1 aliphatic carbocycles. The van der Waals surface area contributed by atoms with Gasteiger partial charge in [0.05, 0.1) is 23.1 Å². The molecule has 3 unspecified atom stereocenters. The second-order valence-electron chi connectivity index (χ2n) is 7.35. The summed E-state index contributed by atoms with van der Waals surface area (Å²) >= 11 is 0. The third kappa shape index (κ3) is 4.56. The van der Waals surface area contributed by atoms with Crippen molar-refractivity contribution in [2.75, 3.05) is 18.5 Å². The highest BCUT2D eigenvalue weighted by Crippen LogP contribution is 2.29. The second kappa shape index (κ2) is 8.52. The summed E-state index contributed by atoms with van der Waals surface area (Å²) in [7, 11) is 1.78. The van der Waals surface area contributed by atoms with E-state index in [2.05, 4.69) is 22.2 Å². The first-order valence-electron chi connectivity index (χ1n) is 9.37. The molecule has 28 heavy (non-hydrogen) atoms. The molecule has 1 heterocycles. The van der Waals surface area contributed by atoms with Crippen LogP contribution in [0.25, 0.3) is 0 Å². The van der Waals surface area contributed by atoms with Crippen LogP contribution < -0.4 is 26.8 Å². The third-order valence-electron chi connectivity index (χ3n) is 5.17. The molecule has 10 nitrogen and oxygen atoms in total. The molecular formula is C18H25N7O3. The van der Waals surface area contributed by atoms with Crippen molar-refractivity contribution in [2.24, 2.45) is 11.7 Å². The molecule has 0 spiro atoms. The summed E-state index contributed by atoms with van der Waals surface area (Å²) in [5.74, 6) is -0.595. The van der Waals surface area contributed by atoms with Crippen LogP contribution in [0.5, 0.6) is 0 Å². The number of amides is 1. The number of benzene rings is 1. The Labute approximate surface area is 163 Å². The quantitative estimate of drug-likeness (QED) is 0.374. The Bertz CT molecular complexity index is 790. The van der Waals surface area contributed by atoms with E-state index in [1.165, 1.54) is 6.07 Å². The number of anilines is 1. The Balaban J connectivity index is 1.62. The van der Waals surface area contributed by atoms with Crippen molar-refractivity contribution in [3.05, 3.63) is 33.9 Å². The van der Waals surface area contributed by atoms with Crippen LogP contribution in [0.2, 0.25) is 0 Å². The number of hydrogen-bond donors (Lipinski definition) is 4. The lowest BCUT2D eigenvalue weighted by Crippen LogP contribution is -2.38. The summed E-state index contributed by atoms with van der Waals surface area (Å²) in [6, 6.07) is 6.89. The van der Waals surface area contributed by atoms with Crippen molar-refractivity contribution in [3.63, 3.8) is 0 Å². The number of hydrazine groups is 1. The molecule has 2 fully saturated rings. The molecule has 0 aromatic heterocycles. The van der Waals surface area contributed by atoms with Crippen molar-refractivity contribution in [1.82, 2.24) is 16.2 Å². The number of carbonyl (C=O) groups excluding carboxylic acids is 1. The zero-order valence-corrected chi connectivity index (χ0v) is 15.7. The van der Waals surface area contributed by atoms with E-state index < -0.39 is 11.1 Å². The van der Waals surface area contributed by atoms with Crippen LogP contribution in [0, 0.1) is 27.4 Å². The standard InChI is InChI=1S/C18H25N7O3/c1-24(8-2-3-14-13(10-19)17(20)23-22-14)15-7-4-11(9-16(15)25(27)28)18(26)21-12-5-6-12/h4,7,9,12-14,17,22-23H,2-3,5-6,8,20H2,1H3,(H,21,26). The SMILES string of the molecule is CN(CCCC1NNC(N)C1C#N)c1ccc(C(=O)NC2CC2)cc1[N+](=O)[O-]. The molecule has 3 atom stereocenters. The van der Waals surface area contributed by atoms with Crippen molar-refractivity contribution >= 4 is 17.3 Å². The summed E-state index contributed by atoms with van der Waals surface area (Å²) in [5.41, 5.74) is 12.4. The van der Waals surface area contributed by atoms with Gasteiger partial charge in [-0.1, -0.05) is 0 Å². The zero-order valence-electron chi connectivity index (χ0n) is 15.7. The van der Waals surface area contributed by atoms with Gasteiger partial charge in [0.2, 0.25) is 0 Å². The molecule has 1 aromatic rings. The molecule has 10 heteroatoms. The normalized spacial score (nSPS) is 23.8. The van der Waals surface area contributed by atoms with Gasteiger partial charge >= 0.3 is 0 Å². The van der Waals surface area contributed by atoms with E-state index in [1.54, 1.807) is 24.1 Å². The van der Waals surface area contributed by atoms with Gasteiger partial charge in [-0.15, -0.1) is 0 Å². The number of nitro benzene ring substituents is 1. The molecule has 1 saturated heterocycles. The minimum absolute atomic E-state index is 0.0584. The molecule has 2 aliphatic rings. The van der Waals surface area contributed by atoms with Crippen LogP contribution >= 0.6 is 0 Å². The number of hydrogen-bond acceptors (Lipinski definition) is 8. The number of rotatable bonds is 8. The Morgan fingerprint density at radius 2 is 2.21 bits per heavy atom. The third-order valence-corrected chi connectivity index (χ3v) is 5.17. The maximum Gasteiger partial charge on any atom is 0.293 e. The van der Waals surface area contributed by atoms with Crippen molar-refractivity contribution in [2.45, 2.75) is 43.9 Å². The van der Waals surface area contributed by atoms with Crippen molar-refractivity contribution < 1.29 is 9.72 Å². The smallest absolute Gasteiger partial charge is 0.293 e. The van der Waals surface area contributed by atoms with E-state index in [0.29, 0.717) is 24.2 Å². The number of nitriles is 1. The largest absolute Gasteiger partial charge is 0.369 e. The lowest BCUT2D eigenvalue weighted by molar-refractivity contribution is -0.384.